The number of hydrogen-bond acceptors (Lipinski definition) is 8. The fourth-order valence-corrected chi connectivity index (χ4v) is 4.50. The molecule has 5 N–H and O–H groups in total. The molecule has 2 aromatic rings. The van der Waals surface area contributed by atoms with Crippen LogP contribution in [0.5, 0.6) is 0 Å². The predicted molar refractivity (Wildman–Crippen MR) is 114 cm³/mol. The zero-order valence-electron chi connectivity index (χ0n) is 16.5. The molecular formula is C19H26ClFN6OS. The number of rotatable bonds is 6. The van der Waals surface area contributed by atoms with Gasteiger partial charge >= 0.3 is 0 Å². The first-order chi connectivity index (χ1) is 13.8. The number of nitrogens with two attached hydrogens (primary N) is 2. The molecule has 0 aromatic carbocycles. The highest BCUT2D eigenvalue weighted by Crippen LogP contribution is 2.38. The van der Waals surface area contributed by atoms with Crippen LogP contribution < -0.4 is 16.4 Å². The van der Waals surface area contributed by atoms with Crippen molar-refractivity contribution in [3.63, 3.8) is 0 Å². The van der Waals surface area contributed by atoms with Crippen molar-refractivity contribution < 1.29 is 9.50 Å². The molecule has 1 saturated heterocycles. The predicted octanol–water partition coefficient (Wildman–Crippen LogP) is 2.96. The number of aryl methyl sites for hydroxylation is 1. The van der Waals surface area contributed by atoms with E-state index in [0.29, 0.717) is 34.6 Å². The lowest BCUT2D eigenvalue weighted by Crippen LogP contribution is -2.49. The Hall–Kier alpha value is -1.68. The van der Waals surface area contributed by atoms with Gasteiger partial charge in [0.25, 0.3) is 0 Å². The normalized spacial score (nSPS) is 17.4. The molecule has 10 heteroatoms. The molecule has 0 spiro atoms. The summed E-state index contributed by atoms with van der Waals surface area (Å²) in [6, 6.07) is 1.29. The minimum absolute atomic E-state index is 0.235. The third kappa shape index (κ3) is 4.58. The van der Waals surface area contributed by atoms with Gasteiger partial charge in [0.1, 0.15) is 23.2 Å². The van der Waals surface area contributed by atoms with Crippen molar-refractivity contribution >= 4 is 35.0 Å². The first-order valence-corrected chi connectivity index (χ1v) is 10.6. The van der Waals surface area contributed by atoms with Gasteiger partial charge in [-0.05, 0) is 31.2 Å². The average molecular weight is 441 g/mol. The fourth-order valence-electron chi connectivity index (χ4n) is 3.39. The van der Waals surface area contributed by atoms with Crippen LogP contribution in [0.4, 0.5) is 16.0 Å². The molecule has 7 nitrogen and oxygen atoms in total. The number of aliphatic hydroxyl groups excluding tert-OH is 1. The first-order valence-electron chi connectivity index (χ1n) is 9.41. The van der Waals surface area contributed by atoms with Gasteiger partial charge in [0, 0.05) is 30.2 Å². The van der Waals surface area contributed by atoms with Gasteiger partial charge in [-0.25, -0.2) is 19.3 Å². The molecule has 1 unspecified atom stereocenters. The van der Waals surface area contributed by atoms with Crippen molar-refractivity contribution in [2.75, 3.05) is 30.4 Å². The van der Waals surface area contributed by atoms with Crippen LogP contribution in [0.1, 0.15) is 31.2 Å². The van der Waals surface area contributed by atoms with Crippen LogP contribution in [0.2, 0.25) is 5.02 Å². The van der Waals surface area contributed by atoms with Crippen LogP contribution in [0.3, 0.4) is 0 Å². The SMILES string of the molecule is Cc1nc(N2CCC(C)(C(N)CF)CC2)c(CO)nc1Sc1ccnc(N)c1Cl. The maximum Gasteiger partial charge on any atom is 0.153 e. The second kappa shape index (κ2) is 8.99. The number of halogens is 2. The Balaban J connectivity index is 1.83. The van der Waals surface area contributed by atoms with Gasteiger partial charge in [0.15, 0.2) is 5.82 Å². The number of pyridine rings is 1. The summed E-state index contributed by atoms with van der Waals surface area (Å²) in [6.45, 7) is 4.51. The van der Waals surface area contributed by atoms with Crippen molar-refractivity contribution in [3.05, 3.63) is 28.7 Å². The maximum atomic E-state index is 13.1. The number of alkyl halides is 1. The third-order valence-electron chi connectivity index (χ3n) is 5.58. The molecule has 0 saturated carbocycles. The van der Waals surface area contributed by atoms with Crippen molar-refractivity contribution in [2.45, 2.75) is 49.3 Å². The molecule has 1 atom stereocenters. The van der Waals surface area contributed by atoms with E-state index >= 15 is 0 Å². The summed E-state index contributed by atoms with van der Waals surface area (Å²) in [4.78, 5) is 16.1. The van der Waals surface area contributed by atoms with Crippen molar-refractivity contribution in [3.8, 4) is 0 Å². The van der Waals surface area contributed by atoms with Gasteiger partial charge in [-0.3, -0.25) is 0 Å². The maximum absolute atomic E-state index is 13.1. The summed E-state index contributed by atoms with van der Waals surface area (Å²) in [5.74, 6) is 0.912. The smallest absolute Gasteiger partial charge is 0.153 e. The van der Waals surface area contributed by atoms with E-state index in [1.54, 1.807) is 12.3 Å². The van der Waals surface area contributed by atoms with Gasteiger partial charge in [-0.1, -0.05) is 30.3 Å². The largest absolute Gasteiger partial charge is 0.390 e. The highest BCUT2D eigenvalue weighted by atomic mass is 35.5. The summed E-state index contributed by atoms with van der Waals surface area (Å²) in [5, 5.41) is 10.9. The second-order valence-electron chi connectivity index (χ2n) is 7.55. The number of aromatic nitrogens is 3. The lowest BCUT2D eigenvalue weighted by molar-refractivity contribution is 0.169. The van der Waals surface area contributed by atoms with E-state index in [9.17, 15) is 9.50 Å². The number of aliphatic hydroxyl groups is 1. The van der Waals surface area contributed by atoms with Gasteiger partial charge in [-0.15, -0.1) is 0 Å². The second-order valence-corrected chi connectivity index (χ2v) is 8.96. The summed E-state index contributed by atoms with van der Waals surface area (Å²) in [7, 11) is 0. The number of nitrogen functional groups attached to an aromatic ring is 1. The van der Waals surface area contributed by atoms with Crippen LogP contribution in [0.25, 0.3) is 0 Å². The third-order valence-corrected chi connectivity index (χ3v) is 7.23. The van der Waals surface area contributed by atoms with Gasteiger partial charge in [0.05, 0.1) is 17.3 Å². The molecule has 29 heavy (non-hydrogen) atoms. The number of nitrogens with zero attached hydrogens (tertiary/aromatic N) is 4. The Kier molecular flexibility index (Phi) is 6.83. The minimum Gasteiger partial charge on any atom is -0.390 e. The van der Waals surface area contributed by atoms with Gasteiger partial charge < -0.3 is 21.5 Å². The zero-order valence-corrected chi connectivity index (χ0v) is 18.1. The lowest BCUT2D eigenvalue weighted by Gasteiger charge is -2.42. The highest BCUT2D eigenvalue weighted by molar-refractivity contribution is 7.99. The molecule has 0 aliphatic carbocycles. The van der Waals surface area contributed by atoms with Crippen molar-refractivity contribution in [2.24, 2.45) is 11.1 Å². The van der Waals surface area contributed by atoms with E-state index in [0.717, 1.165) is 23.4 Å². The summed E-state index contributed by atoms with van der Waals surface area (Å²) >= 11 is 7.57. The number of piperidine rings is 1. The van der Waals surface area contributed by atoms with Gasteiger partial charge in [-0.2, -0.15) is 0 Å². The molecule has 2 aromatic heterocycles. The molecule has 158 valence electrons. The van der Waals surface area contributed by atoms with Crippen molar-refractivity contribution in [1.82, 2.24) is 15.0 Å². The van der Waals surface area contributed by atoms with E-state index < -0.39 is 12.7 Å². The fraction of sp³-hybridized carbons (Fsp3) is 0.526. The van der Waals surface area contributed by atoms with E-state index in [4.69, 9.17) is 28.1 Å². The monoisotopic (exact) mass is 440 g/mol. The standard InChI is InChI=1S/C19H26ClFN6OS/c1-11-18(29-13-3-6-24-16(23)15(13)20)26-12(10-28)17(25-11)27-7-4-19(2,5-8-27)14(22)9-21/h3,6,14,28H,4-5,7-10,22H2,1-2H3,(H2,23,24). The molecule has 1 aliphatic rings. The van der Waals surface area contributed by atoms with Crippen LogP contribution >= 0.6 is 23.4 Å². The van der Waals surface area contributed by atoms with Crippen LogP contribution in [0, 0.1) is 12.3 Å². The van der Waals surface area contributed by atoms with E-state index in [1.807, 2.05) is 13.8 Å². The molecular weight excluding hydrogens is 415 g/mol. The molecule has 3 rings (SSSR count). The van der Waals surface area contributed by atoms with Crippen LogP contribution in [0.15, 0.2) is 22.2 Å². The molecule has 1 aliphatic heterocycles. The Morgan fingerprint density at radius 1 is 1.38 bits per heavy atom. The summed E-state index contributed by atoms with van der Waals surface area (Å²) in [6.07, 6.45) is 3.10. The molecule has 3 heterocycles. The highest BCUT2D eigenvalue weighted by Gasteiger charge is 2.36. The van der Waals surface area contributed by atoms with Gasteiger partial charge in [0.2, 0.25) is 0 Å². The molecule has 0 bridgehead atoms. The van der Waals surface area contributed by atoms with Crippen LogP contribution in [-0.4, -0.2) is 45.9 Å². The minimum atomic E-state index is -0.523. The first kappa shape index (κ1) is 22.0. The number of hydrogen-bond donors (Lipinski definition) is 3. The number of anilines is 2. The topological polar surface area (TPSA) is 114 Å². The Morgan fingerprint density at radius 2 is 2.07 bits per heavy atom. The summed E-state index contributed by atoms with van der Waals surface area (Å²) in [5.41, 5.74) is 12.7. The molecule has 0 radical (unpaired) electrons. The Morgan fingerprint density at radius 3 is 2.69 bits per heavy atom. The quantitative estimate of drug-likeness (QED) is 0.628. The Labute approximate surface area is 179 Å². The molecule has 0 amide bonds. The van der Waals surface area contributed by atoms with E-state index in [2.05, 4.69) is 14.9 Å². The average Bonchev–Trinajstić information content (AvgIpc) is 2.72. The summed E-state index contributed by atoms with van der Waals surface area (Å²) < 4.78 is 13.1. The van der Waals surface area contributed by atoms with E-state index in [1.165, 1.54) is 11.8 Å². The lowest BCUT2D eigenvalue weighted by atomic mass is 9.75. The Bertz CT molecular complexity index is 878. The van der Waals surface area contributed by atoms with Crippen LogP contribution in [-0.2, 0) is 6.61 Å². The van der Waals surface area contributed by atoms with Crippen molar-refractivity contribution in [1.29, 1.82) is 0 Å². The van der Waals surface area contributed by atoms with E-state index in [-0.39, 0.29) is 17.8 Å². The zero-order chi connectivity index (χ0) is 21.2. The molecule has 1 fully saturated rings.